The number of nitrogens with zero attached hydrogens (tertiary/aromatic N) is 3. The molecule has 79 heavy (non-hydrogen) atoms. The van der Waals surface area contributed by atoms with Crippen molar-refractivity contribution in [2.24, 2.45) is 0 Å². The van der Waals surface area contributed by atoms with Gasteiger partial charge in [-0.25, -0.2) is 0 Å². The Morgan fingerprint density at radius 1 is 0.405 bits per heavy atom. The molecule has 9 aromatic rings. The Balaban J connectivity index is 1.12. The fourth-order valence-electron chi connectivity index (χ4n) is 14.3. The zero-order valence-corrected chi connectivity index (χ0v) is 48.7. The highest BCUT2D eigenvalue weighted by Crippen LogP contribution is 2.62. The highest BCUT2D eigenvalue weighted by Gasteiger charge is 2.58. The molecule has 0 N–H and O–H groups in total. The van der Waals surface area contributed by atoms with Crippen molar-refractivity contribution in [1.29, 1.82) is 0 Å². The van der Waals surface area contributed by atoms with E-state index in [0.29, 0.717) is 0 Å². The molecule has 2 atom stereocenters. The van der Waals surface area contributed by atoms with E-state index < -0.39 is 0 Å². The molecule has 0 saturated heterocycles. The second kappa shape index (κ2) is 18.2. The number of anilines is 8. The minimum atomic E-state index is -0.107. The van der Waals surface area contributed by atoms with E-state index in [2.05, 4.69) is 292 Å². The van der Waals surface area contributed by atoms with Gasteiger partial charge in [0, 0.05) is 56.4 Å². The predicted molar refractivity (Wildman–Crippen MR) is 340 cm³/mol. The van der Waals surface area contributed by atoms with Crippen molar-refractivity contribution in [1.82, 2.24) is 0 Å². The third-order valence-corrected chi connectivity index (χ3v) is 18.9. The highest BCUT2D eigenvalue weighted by atomic mass is 15.3. The van der Waals surface area contributed by atoms with Crippen LogP contribution < -0.4 is 31.1 Å². The molecule has 3 heterocycles. The van der Waals surface area contributed by atoms with Crippen LogP contribution in [0.4, 0.5) is 45.5 Å². The van der Waals surface area contributed by atoms with Gasteiger partial charge >= 0.3 is 0 Å². The molecule has 9 aromatic carbocycles. The van der Waals surface area contributed by atoms with Gasteiger partial charge in [0.15, 0.2) is 0 Å². The SMILES string of the molecule is Cc1cc2c3c(c1)N(c1c(-c4ccccc4)cc(C(C)(C)C)cc1-c1ccccc1)c1cc(-c4ccccc4)ccc1B3c1ccc(N3c4ccc(C(C)(C)C)cc4C4(C)CCCCC34C)cc1N2c1ccc(C(C)(C)C)cc1. The van der Waals surface area contributed by atoms with Crippen molar-refractivity contribution in [2.45, 2.75) is 136 Å². The molecule has 2 unspecified atom stereocenters. The molecule has 3 nitrogen and oxygen atoms in total. The lowest BCUT2D eigenvalue weighted by Gasteiger charge is -2.50. The fourth-order valence-corrected chi connectivity index (χ4v) is 14.3. The summed E-state index contributed by atoms with van der Waals surface area (Å²) in [7, 11) is 0. The zero-order valence-electron chi connectivity index (χ0n) is 48.7. The first-order valence-corrected chi connectivity index (χ1v) is 29.2. The average Bonchev–Trinajstić information content (AvgIpc) is 3.34. The monoisotopic (exact) mass is 1030 g/mol. The molecule has 0 aromatic heterocycles. The van der Waals surface area contributed by atoms with E-state index in [-0.39, 0.29) is 33.9 Å². The van der Waals surface area contributed by atoms with Crippen LogP contribution in [0.3, 0.4) is 0 Å². The second-order valence-electron chi connectivity index (χ2n) is 27.0. The van der Waals surface area contributed by atoms with E-state index in [1.54, 1.807) is 0 Å². The van der Waals surface area contributed by atoms with Crippen molar-refractivity contribution in [3.05, 3.63) is 222 Å². The van der Waals surface area contributed by atoms with E-state index in [1.807, 2.05) is 0 Å². The molecule has 13 rings (SSSR count). The van der Waals surface area contributed by atoms with Gasteiger partial charge in [-0.05, 0) is 170 Å². The molecule has 1 saturated carbocycles. The molecule has 0 radical (unpaired) electrons. The molecule has 0 spiro atoms. The van der Waals surface area contributed by atoms with Gasteiger partial charge in [-0.2, -0.15) is 0 Å². The molecule has 1 fully saturated rings. The van der Waals surface area contributed by atoms with Gasteiger partial charge in [0.25, 0.3) is 6.71 Å². The average molecular weight is 1030 g/mol. The number of hydrogen-bond acceptors (Lipinski definition) is 3. The van der Waals surface area contributed by atoms with Crippen LogP contribution >= 0.6 is 0 Å². The van der Waals surface area contributed by atoms with Crippen molar-refractivity contribution >= 4 is 68.6 Å². The van der Waals surface area contributed by atoms with Crippen LogP contribution in [-0.4, -0.2) is 12.3 Å². The second-order valence-corrected chi connectivity index (χ2v) is 27.0. The Morgan fingerprint density at radius 3 is 1.49 bits per heavy atom. The maximum absolute atomic E-state index is 2.78. The molecule has 394 valence electrons. The standard InChI is InChI=1S/C75H76BN3/c1-49-42-67-69-68(43-49)78(70-59(51-26-18-14-19-27-51)45-56(73(8,9)10)46-60(70)52-28-20-15-21-29-52)65-44-53(50-24-16-13-17-25-50)30-37-62(65)76(69)63-38-36-58(48-66(63)77(67)57-34-31-54(32-35-57)71(2,3)4)79-64-39-33-55(72(5,6)7)47-61(64)74(11)40-22-23-41-75(74,79)12/h13-21,24-39,42-48H,22-23,40-41H2,1-12H3. The molecular formula is C75H76BN3. The number of benzene rings is 9. The Bertz CT molecular complexity index is 3780. The van der Waals surface area contributed by atoms with Crippen LogP contribution in [0.2, 0.25) is 0 Å². The maximum atomic E-state index is 2.78. The van der Waals surface area contributed by atoms with Crippen molar-refractivity contribution in [3.63, 3.8) is 0 Å². The van der Waals surface area contributed by atoms with Gasteiger partial charge < -0.3 is 14.7 Å². The van der Waals surface area contributed by atoms with Gasteiger partial charge in [-0.1, -0.05) is 216 Å². The summed E-state index contributed by atoms with van der Waals surface area (Å²) in [6, 6.07) is 75.1. The van der Waals surface area contributed by atoms with Gasteiger partial charge in [-0.15, -0.1) is 0 Å². The summed E-state index contributed by atoms with van der Waals surface area (Å²) in [5.74, 6) is 0. The summed E-state index contributed by atoms with van der Waals surface area (Å²) in [6.07, 6.45) is 4.81. The fraction of sp³-hybridized carbons (Fsp3) is 0.280. The smallest absolute Gasteiger partial charge is 0.252 e. The van der Waals surface area contributed by atoms with Gasteiger partial charge in [0.05, 0.1) is 11.2 Å². The minimum absolute atomic E-state index is 0.00333. The summed E-state index contributed by atoms with van der Waals surface area (Å²) in [4.78, 5) is 8.10. The minimum Gasteiger partial charge on any atom is -0.334 e. The van der Waals surface area contributed by atoms with Crippen molar-refractivity contribution in [3.8, 4) is 33.4 Å². The molecule has 0 amide bonds. The lowest BCUT2D eigenvalue weighted by Crippen LogP contribution is -2.61. The van der Waals surface area contributed by atoms with Gasteiger partial charge in [0.1, 0.15) is 0 Å². The molecule has 4 heteroatoms. The van der Waals surface area contributed by atoms with E-state index in [4.69, 9.17) is 0 Å². The summed E-state index contributed by atoms with van der Waals surface area (Å²) in [5.41, 5.74) is 27.7. The van der Waals surface area contributed by atoms with E-state index >= 15 is 0 Å². The van der Waals surface area contributed by atoms with Crippen molar-refractivity contribution < 1.29 is 0 Å². The van der Waals surface area contributed by atoms with Gasteiger partial charge in [-0.3, -0.25) is 0 Å². The quantitative estimate of drug-likeness (QED) is 0.154. The Morgan fingerprint density at radius 2 is 0.911 bits per heavy atom. The summed E-state index contributed by atoms with van der Waals surface area (Å²) < 4.78 is 0. The topological polar surface area (TPSA) is 9.72 Å². The Kier molecular flexibility index (Phi) is 11.8. The number of rotatable bonds is 6. The van der Waals surface area contributed by atoms with Crippen LogP contribution in [0.25, 0.3) is 33.4 Å². The summed E-state index contributed by atoms with van der Waals surface area (Å²) >= 11 is 0. The van der Waals surface area contributed by atoms with Gasteiger partial charge in [0.2, 0.25) is 0 Å². The van der Waals surface area contributed by atoms with Crippen LogP contribution in [0.5, 0.6) is 0 Å². The van der Waals surface area contributed by atoms with Crippen molar-refractivity contribution in [2.75, 3.05) is 14.7 Å². The largest absolute Gasteiger partial charge is 0.334 e. The number of fused-ring (bicyclic) bond motifs is 7. The maximum Gasteiger partial charge on any atom is 0.252 e. The number of hydrogen-bond donors (Lipinski definition) is 0. The number of aryl methyl sites for hydroxylation is 1. The first kappa shape index (κ1) is 50.9. The normalized spacial score (nSPS) is 18.4. The van der Waals surface area contributed by atoms with E-state index in [1.165, 1.54) is 142 Å². The predicted octanol–water partition coefficient (Wildman–Crippen LogP) is 18.7. The lowest BCUT2D eigenvalue weighted by atomic mass is 9.33. The molecule has 0 bridgehead atoms. The Hall–Kier alpha value is -7.56. The Labute approximate surface area is 472 Å². The van der Waals surface area contributed by atoms with E-state index in [0.717, 1.165) is 6.42 Å². The summed E-state index contributed by atoms with van der Waals surface area (Å²) in [5, 5.41) is 0. The molecule has 3 aliphatic heterocycles. The first-order chi connectivity index (χ1) is 37.7. The third kappa shape index (κ3) is 8.13. The highest BCUT2D eigenvalue weighted by molar-refractivity contribution is 7.00. The van der Waals surface area contributed by atoms with Crippen LogP contribution in [0.1, 0.15) is 130 Å². The molecular weight excluding hydrogens is 954 g/mol. The summed E-state index contributed by atoms with van der Waals surface area (Å²) in [6.45, 7) is 28.5. The molecule has 1 aliphatic carbocycles. The van der Waals surface area contributed by atoms with Crippen LogP contribution in [0.15, 0.2) is 194 Å². The van der Waals surface area contributed by atoms with E-state index in [9.17, 15) is 0 Å². The van der Waals surface area contributed by atoms with Crippen LogP contribution in [0, 0.1) is 6.92 Å². The third-order valence-electron chi connectivity index (χ3n) is 18.9. The molecule has 4 aliphatic rings. The first-order valence-electron chi connectivity index (χ1n) is 29.2. The lowest BCUT2D eigenvalue weighted by molar-refractivity contribution is 0.195. The van der Waals surface area contributed by atoms with Crippen LogP contribution in [-0.2, 0) is 21.7 Å². The zero-order chi connectivity index (χ0) is 55.0.